The number of primary amides is 1. The van der Waals surface area contributed by atoms with Gasteiger partial charge in [0.15, 0.2) is 6.04 Å². The van der Waals surface area contributed by atoms with Crippen molar-refractivity contribution in [2.45, 2.75) is 13.0 Å². The minimum absolute atomic E-state index is 0.453. The van der Waals surface area contributed by atoms with Crippen molar-refractivity contribution < 1.29 is 9.59 Å². The summed E-state index contributed by atoms with van der Waals surface area (Å²) in [5.74, 6) is -1.30. The lowest BCUT2D eigenvalue weighted by Crippen LogP contribution is -2.42. The Labute approximate surface area is 57.8 Å². The largest absolute Gasteiger partial charge is 0.367 e. The molecule has 0 rings (SSSR count). The number of rotatable bonds is 2. The van der Waals surface area contributed by atoms with Gasteiger partial charge in [-0.15, -0.1) is 0 Å². The molecule has 0 heterocycles. The van der Waals surface area contributed by atoms with Crippen LogP contribution in [0.5, 0.6) is 0 Å². The summed E-state index contributed by atoms with van der Waals surface area (Å²) in [6.07, 6.45) is 0. The summed E-state index contributed by atoms with van der Waals surface area (Å²) in [5.41, 5.74) is 4.72. The molecule has 0 saturated carbocycles. The van der Waals surface area contributed by atoms with Gasteiger partial charge in [0.2, 0.25) is 5.91 Å². The summed E-state index contributed by atoms with van der Waals surface area (Å²) in [6, 6.07) is 0.316. The molecule has 0 aliphatic rings. The minimum Gasteiger partial charge on any atom is -0.367 e. The van der Waals surface area contributed by atoms with Gasteiger partial charge in [0, 0.05) is 6.92 Å². The summed E-state index contributed by atoms with van der Waals surface area (Å²) >= 11 is 0. The van der Waals surface area contributed by atoms with E-state index in [4.69, 9.17) is 11.0 Å². The quantitative estimate of drug-likeness (QED) is 0.489. The molecule has 54 valence electrons. The molecule has 0 radical (unpaired) electrons. The van der Waals surface area contributed by atoms with Crippen LogP contribution in [0.1, 0.15) is 6.92 Å². The second-order valence-electron chi connectivity index (χ2n) is 1.67. The smallest absolute Gasteiger partial charge is 0.254 e. The van der Waals surface area contributed by atoms with Crippen molar-refractivity contribution in [1.29, 1.82) is 5.26 Å². The lowest BCUT2D eigenvalue weighted by atomic mass is 10.3. The fourth-order valence-electron chi connectivity index (χ4n) is 0.370. The molecule has 0 spiro atoms. The first kappa shape index (κ1) is 8.43. The van der Waals surface area contributed by atoms with E-state index >= 15 is 0 Å². The highest BCUT2D eigenvalue weighted by atomic mass is 16.2. The zero-order valence-corrected chi connectivity index (χ0v) is 5.42. The molecule has 0 saturated heterocycles. The lowest BCUT2D eigenvalue weighted by molar-refractivity contribution is -0.124. The van der Waals surface area contributed by atoms with Crippen molar-refractivity contribution in [3.05, 3.63) is 0 Å². The number of hydrogen-bond acceptors (Lipinski definition) is 3. The topological polar surface area (TPSA) is 96.0 Å². The lowest BCUT2D eigenvalue weighted by Gasteiger charge is -2.02. The second-order valence-corrected chi connectivity index (χ2v) is 1.67. The number of carbonyl (C=O) groups is 2. The van der Waals surface area contributed by atoms with Crippen LogP contribution in [-0.2, 0) is 9.59 Å². The Kier molecular flexibility index (Phi) is 2.91. The Morgan fingerprint density at radius 3 is 2.30 bits per heavy atom. The molecule has 5 heteroatoms. The Morgan fingerprint density at radius 1 is 1.70 bits per heavy atom. The molecular formula is C5H7N3O2. The third-order valence-corrected chi connectivity index (χ3v) is 0.761. The van der Waals surface area contributed by atoms with Crippen LogP contribution in [0.4, 0.5) is 0 Å². The van der Waals surface area contributed by atoms with Crippen molar-refractivity contribution in [3.8, 4) is 6.07 Å². The Morgan fingerprint density at radius 2 is 2.20 bits per heavy atom. The SMILES string of the molecule is CC(=O)N[C@@H](C#N)C(N)=O. The van der Waals surface area contributed by atoms with Crippen molar-refractivity contribution in [3.63, 3.8) is 0 Å². The molecule has 0 aliphatic carbocycles. The van der Waals surface area contributed by atoms with Gasteiger partial charge in [0.05, 0.1) is 6.07 Å². The van der Waals surface area contributed by atoms with Crippen molar-refractivity contribution in [2.75, 3.05) is 0 Å². The third-order valence-electron chi connectivity index (χ3n) is 0.761. The maximum atomic E-state index is 10.3. The summed E-state index contributed by atoms with van der Waals surface area (Å²) in [4.78, 5) is 20.5. The van der Waals surface area contributed by atoms with E-state index in [2.05, 4.69) is 5.32 Å². The summed E-state index contributed by atoms with van der Waals surface area (Å²) < 4.78 is 0. The summed E-state index contributed by atoms with van der Waals surface area (Å²) in [5, 5.41) is 10.2. The maximum Gasteiger partial charge on any atom is 0.254 e. The molecule has 0 aromatic rings. The number of nitrogens with two attached hydrogens (primary N) is 1. The molecule has 0 fully saturated rings. The van der Waals surface area contributed by atoms with E-state index in [1.807, 2.05) is 0 Å². The van der Waals surface area contributed by atoms with E-state index in [1.165, 1.54) is 13.0 Å². The number of nitrogens with one attached hydrogen (secondary N) is 1. The predicted molar refractivity (Wildman–Crippen MR) is 32.4 cm³/mol. The molecule has 5 nitrogen and oxygen atoms in total. The van der Waals surface area contributed by atoms with E-state index < -0.39 is 17.9 Å². The van der Waals surface area contributed by atoms with Crippen LogP contribution in [0.15, 0.2) is 0 Å². The van der Waals surface area contributed by atoms with E-state index in [1.54, 1.807) is 0 Å². The molecule has 0 aromatic heterocycles. The van der Waals surface area contributed by atoms with Gasteiger partial charge in [-0.1, -0.05) is 0 Å². The van der Waals surface area contributed by atoms with Crippen molar-refractivity contribution in [1.82, 2.24) is 5.32 Å². The number of nitrogens with zero attached hydrogens (tertiary/aromatic N) is 1. The van der Waals surface area contributed by atoms with Crippen LogP contribution < -0.4 is 11.1 Å². The predicted octanol–water partition coefficient (Wildman–Crippen LogP) is -1.50. The fourth-order valence-corrected chi connectivity index (χ4v) is 0.370. The van der Waals surface area contributed by atoms with Gasteiger partial charge in [-0.25, -0.2) is 0 Å². The highest BCUT2D eigenvalue weighted by Crippen LogP contribution is 1.77. The van der Waals surface area contributed by atoms with E-state index in [9.17, 15) is 9.59 Å². The normalized spacial score (nSPS) is 11.2. The molecule has 0 unspecified atom stereocenters. The van der Waals surface area contributed by atoms with Crippen LogP contribution >= 0.6 is 0 Å². The van der Waals surface area contributed by atoms with E-state index in [-0.39, 0.29) is 0 Å². The highest BCUT2D eigenvalue weighted by molar-refractivity contribution is 5.87. The summed E-state index contributed by atoms with van der Waals surface area (Å²) in [7, 11) is 0. The van der Waals surface area contributed by atoms with E-state index in [0.29, 0.717) is 0 Å². The first-order valence-electron chi connectivity index (χ1n) is 2.54. The summed E-state index contributed by atoms with van der Waals surface area (Å²) in [6.45, 7) is 1.20. The van der Waals surface area contributed by atoms with Crippen molar-refractivity contribution in [2.24, 2.45) is 5.73 Å². The van der Waals surface area contributed by atoms with E-state index in [0.717, 1.165) is 0 Å². The van der Waals surface area contributed by atoms with Gasteiger partial charge in [-0.2, -0.15) is 5.26 Å². The average Bonchev–Trinajstić information content (AvgIpc) is 1.81. The molecule has 10 heavy (non-hydrogen) atoms. The fraction of sp³-hybridized carbons (Fsp3) is 0.400. The van der Waals surface area contributed by atoms with Gasteiger partial charge in [-0.05, 0) is 0 Å². The van der Waals surface area contributed by atoms with Crippen LogP contribution in [0.25, 0.3) is 0 Å². The van der Waals surface area contributed by atoms with Crippen LogP contribution in [0, 0.1) is 11.3 Å². The molecule has 3 N–H and O–H groups in total. The molecule has 0 bridgehead atoms. The average molecular weight is 141 g/mol. The van der Waals surface area contributed by atoms with Crippen LogP contribution in [0.3, 0.4) is 0 Å². The van der Waals surface area contributed by atoms with Crippen LogP contribution in [-0.4, -0.2) is 17.9 Å². The molecule has 0 aliphatic heterocycles. The molecule has 0 aromatic carbocycles. The molecule has 1 atom stereocenters. The number of nitriles is 1. The van der Waals surface area contributed by atoms with Crippen LogP contribution in [0.2, 0.25) is 0 Å². The Balaban J connectivity index is 4.00. The first-order valence-corrected chi connectivity index (χ1v) is 2.54. The van der Waals surface area contributed by atoms with Gasteiger partial charge >= 0.3 is 0 Å². The molecular weight excluding hydrogens is 134 g/mol. The third kappa shape index (κ3) is 2.67. The highest BCUT2D eigenvalue weighted by Gasteiger charge is 2.13. The monoisotopic (exact) mass is 141 g/mol. The number of hydrogen-bond donors (Lipinski definition) is 2. The number of amides is 2. The number of carbonyl (C=O) groups excluding carboxylic acids is 2. The zero-order valence-electron chi connectivity index (χ0n) is 5.42. The Bertz CT molecular complexity index is 194. The van der Waals surface area contributed by atoms with Gasteiger partial charge in [-0.3, -0.25) is 9.59 Å². The second kappa shape index (κ2) is 3.45. The van der Waals surface area contributed by atoms with Gasteiger partial charge in [0.1, 0.15) is 0 Å². The Hall–Kier alpha value is -1.57. The first-order chi connectivity index (χ1) is 4.57. The standard InChI is InChI=1S/C5H7N3O2/c1-3(9)8-4(2-6)5(7)10/h4H,1H3,(H2,7,10)(H,8,9)/t4-/m0/s1. The maximum absolute atomic E-state index is 10.3. The van der Waals surface area contributed by atoms with Gasteiger partial charge in [0.25, 0.3) is 5.91 Å². The molecule has 2 amide bonds. The minimum atomic E-state index is -1.21. The van der Waals surface area contributed by atoms with Crippen molar-refractivity contribution >= 4 is 11.8 Å². The zero-order chi connectivity index (χ0) is 8.15. The van der Waals surface area contributed by atoms with Gasteiger partial charge < -0.3 is 11.1 Å².